The number of esters is 1. The highest BCUT2D eigenvalue weighted by Gasteiger charge is 2.62. The van der Waals surface area contributed by atoms with Gasteiger partial charge in [-0.05, 0) is 62.8 Å². The van der Waals surface area contributed by atoms with Gasteiger partial charge < -0.3 is 4.74 Å². The average molecular weight is 336 g/mol. The van der Waals surface area contributed by atoms with E-state index in [0.29, 0.717) is 17.8 Å². The second kappa shape index (κ2) is 5.72. The Hall–Kier alpha value is -1.57. The molecule has 0 radical (unpaired) electrons. The third-order valence-electron chi connectivity index (χ3n) is 7.55. The van der Waals surface area contributed by atoms with E-state index in [1.54, 1.807) is 11.1 Å². The maximum absolute atomic E-state index is 13.1. The molecule has 1 aliphatic heterocycles. The molecule has 5 atom stereocenters. The van der Waals surface area contributed by atoms with Crippen LogP contribution in [0.4, 0.5) is 0 Å². The molecule has 1 aromatic carbocycles. The van der Waals surface area contributed by atoms with Crippen molar-refractivity contribution in [2.45, 2.75) is 63.9 Å². The lowest BCUT2D eigenvalue weighted by Gasteiger charge is -2.48. The summed E-state index contributed by atoms with van der Waals surface area (Å²) in [6.45, 7) is 2.19. The second-order valence-electron chi connectivity index (χ2n) is 8.70. The van der Waals surface area contributed by atoms with Gasteiger partial charge in [-0.25, -0.2) is 0 Å². The normalized spacial score (nSPS) is 40.1. The maximum atomic E-state index is 13.1. The first-order valence-electron chi connectivity index (χ1n) is 10.2. The van der Waals surface area contributed by atoms with Crippen LogP contribution in [-0.2, 0) is 15.1 Å². The van der Waals surface area contributed by atoms with Crippen LogP contribution in [0.2, 0.25) is 0 Å². The summed E-state index contributed by atoms with van der Waals surface area (Å²) in [6, 6.07) is 10.5. The van der Waals surface area contributed by atoms with E-state index in [1.807, 2.05) is 6.07 Å². The molecule has 4 aliphatic rings. The number of benzene rings is 1. The second-order valence-corrected chi connectivity index (χ2v) is 8.70. The van der Waals surface area contributed by atoms with Gasteiger partial charge >= 0.3 is 5.97 Å². The van der Waals surface area contributed by atoms with E-state index in [2.05, 4.69) is 31.2 Å². The molecule has 0 unspecified atom stereocenters. The number of allylic oxidation sites excluding steroid dienone is 2. The van der Waals surface area contributed by atoms with E-state index >= 15 is 0 Å². The lowest BCUT2D eigenvalue weighted by atomic mass is 9.54. The fourth-order valence-electron chi connectivity index (χ4n) is 6.57. The Morgan fingerprint density at radius 1 is 0.920 bits per heavy atom. The van der Waals surface area contributed by atoms with Gasteiger partial charge in [0.15, 0.2) is 0 Å². The van der Waals surface area contributed by atoms with Gasteiger partial charge in [0.25, 0.3) is 0 Å². The minimum atomic E-state index is -0.459. The van der Waals surface area contributed by atoms with Gasteiger partial charge in [0.1, 0.15) is 5.60 Å². The first-order valence-corrected chi connectivity index (χ1v) is 10.2. The fourth-order valence-corrected chi connectivity index (χ4v) is 6.57. The fraction of sp³-hybridized carbons (Fsp3) is 0.609. The van der Waals surface area contributed by atoms with Gasteiger partial charge in [0, 0.05) is 5.92 Å². The van der Waals surface area contributed by atoms with Crippen molar-refractivity contribution in [3.63, 3.8) is 0 Å². The number of hydrogen-bond acceptors (Lipinski definition) is 2. The predicted octanol–water partition coefficient (Wildman–Crippen LogP) is 5.38. The van der Waals surface area contributed by atoms with Crippen LogP contribution in [0.1, 0.15) is 63.9 Å². The zero-order chi connectivity index (χ0) is 17.0. The number of fused-ring (bicyclic) bond motifs is 5. The van der Waals surface area contributed by atoms with Crippen LogP contribution in [-0.4, -0.2) is 5.97 Å². The molecule has 25 heavy (non-hydrogen) atoms. The molecular weight excluding hydrogens is 308 g/mol. The number of cyclic esters (lactones) is 1. The third-order valence-corrected chi connectivity index (χ3v) is 7.55. The lowest BCUT2D eigenvalue weighted by Crippen LogP contribution is -2.45. The minimum absolute atomic E-state index is 0.0744. The lowest BCUT2D eigenvalue weighted by molar-refractivity contribution is -0.151. The summed E-state index contributed by atoms with van der Waals surface area (Å²) < 4.78 is 6.21. The Bertz CT molecular complexity index is 719. The molecule has 132 valence electrons. The highest BCUT2D eigenvalue weighted by molar-refractivity contribution is 5.78. The predicted molar refractivity (Wildman–Crippen MR) is 97.8 cm³/mol. The van der Waals surface area contributed by atoms with Gasteiger partial charge in [-0.3, -0.25) is 4.79 Å². The summed E-state index contributed by atoms with van der Waals surface area (Å²) >= 11 is 0. The highest BCUT2D eigenvalue weighted by atomic mass is 16.6. The van der Waals surface area contributed by atoms with Gasteiger partial charge in [-0.15, -0.1) is 0 Å². The largest absolute Gasteiger partial charge is 0.454 e. The van der Waals surface area contributed by atoms with E-state index < -0.39 is 5.60 Å². The molecule has 2 saturated carbocycles. The summed E-state index contributed by atoms with van der Waals surface area (Å²) in [5.41, 5.74) is 4.13. The average Bonchev–Trinajstić information content (AvgIpc) is 2.95. The van der Waals surface area contributed by atoms with Crippen LogP contribution < -0.4 is 0 Å². The number of ether oxygens (including phenoxy) is 1. The van der Waals surface area contributed by atoms with E-state index in [-0.39, 0.29) is 11.9 Å². The van der Waals surface area contributed by atoms with E-state index in [0.717, 1.165) is 0 Å². The quantitative estimate of drug-likeness (QED) is 0.508. The zero-order valence-corrected chi connectivity index (χ0v) is 15.2. The maximum Gasteiger partial charge on any atom is 0.310 e. The molecule has 0 N–H and O–H groups in total. The molecule has 5 rings (SSSR count). The summed E-state index contributed by atoms with van der Waals surface area (Å²) in [7, 11) is 0. The van der Waals surface area contributed by atoms with Crippen LogP contribution in [0.15, 0.2) is 41.5 Å². The van der Waals surface area contributed by atoms with Gasteiger partial charge in [0.2, 0.25) is 0 Å². The SMILES string of the molecule is C[C@]1(c2ccccc2)OC(=O)[C@@H]2[C@@H]1[C@@H]1CCCCC1=C1CCCC[C@@H]12. The minimum Gasteiger partial charge on any atom is -0.454 e. The number of rotatable bonds is 1. The van der Waals surface area contributed by atoms with Crippen molar-refractivity contribution >= 4 is 5.97 Å². The van der Waals surface area contributed by atoms with Crippen molar-refractivity contribution in [2.75, 3.05) is 0 Å². The van der Waals surface area contributed by atoms with Gasteiger partial charge in [-0.2, -0.15) is 0 Å². The number of carbonyl (C=O) groups is 1. The van der Waals surface area contributed by atoms with Crippen molar-refractivity contribution in [1.29, 1.82) is 0 Å². The van der Waals surface area contributed by atoms with E-state index in [9.17, 15) is 4.79 Å². The van der Waals surface area contributed by atoms with Crippen LogP contribution in [0.5, 0.6) is 0 Å². The summed E-state index contributed by atoms with van der Waals surface area (Å²) in [5, 5.41) is 0. The monoisotopic (exact) mass is 336 g/mol. The van der Waals surface area contributed by atoms with Crippen LogP contribution in [0.25, 0.3) is 0 Å². The van der Waals surface area contributed by atoms with E-state index in [1.165, 1.54) is 56.9 Å². The Morgan fingerprint density at radius 3 is 2.28 bits per heavy atom. The molecule has 2 nitrogen and oxygen atoms in total. The molecular formula is C23H28O2. The molecule has 1 heterocycles. The van der Waals surface area contributed by atoms with Crippen LogP contribution in [0, 0.1) is 23.7 Å². The van der Waals surface area contributed by atoms with Crippen molar-refractivity contribution in [3.05, 3.63) is 47.0 Å². The molecule has 1 aromatic rings. The van der Waals surface area contributed by atoms with Crippen molar-refractivity contribution in [3.8, 4) is 0 Å². The number of hydrogen-bond donors (Lipinski definition) is 0. The first kappa shape index (κ1) is 15.7. The number of carbonyl (C=O) groups excluding carboxylic acids is 1. The van der Waals surface area contributed by atoms with Crippen LogP contribution >= 0.6 is 0 Å². The van der Waals surface area contributed by atoms with Crippen LogP contribution in [0.3, 0.4) is 0 Å². The zero-order valence-electron chi connectivity index (χ0n) is 15.2. The Balaban J connectivity index is 1.66. The standard InChI is InChI=1S/C23H28O2/c1-23(15-9-3-2-4-10-15)21-19-14-8-6-12-17(19)16-11-5-7-13-18(16)20(21)22(24)25-23/h2-4,9-10,18-21H,5-8,11-14H2,1H3/t18-,19+,20-,21-,23+/m0/s1. The molecule has 1 saturated heterocycles. The molecule has 0 aromatic heterocycles. The van der Waals surface area contributed by atoms with Crippen molar-refractivity contribution in [1.82, 2.24) is 0 Å². The van der Waals surface area contributed by atoms with Crippen molar-refractivity contribution < 1.29 is 9.53 Å². The first-order chi connectivity index (χ1) is 12.2. The molecule has 3 fully saturated rings. The van der Waals surface area contributed by atoms with Gasteiger partial charge in [0.05, 0.1) is 5.92 Å². The summed E-state index contributed by atoms with van der Waals surface area (Å²) in [6.07, 6.45) is 10.1. The molecule has 2 heteroatoms. The summed E-state index contributed by atoms with van der Waals surface area (Å²) in [5.74, 6) is 1.50. The molecule has 0 bridgehead atoms. The molecule has 0 spiro atoms. The van der Waals surface area contributed by atoms with E-state index in [4.69, 9.17) is 4.74 Å². The van der Waals surface area contributed by atoms with Crippen molar-refractivity contribution in [2.24, 2.45) is 23.7 Å². The summed E-state index contributed by atoms with van der Waals surface area (Å²) in [4.78, 5) is 13.1. The highest BCUT2D eigenvalue weighted by Crippen LogP contribution is 2.61. The molecule has 0 amide bonds. The third kappa shape index (κ3) is 2.19. The Kier molecular flexibility index (Phi) is 3.59. The molecule has 3 aliphatic carbocycles. The Labute approximate surface area is 150 Å². The smallest absolute Gasteiger partial charge is 0.310 e. The Morgan fingerprint density at radius 2 is 1.56 bits per heavy atom. The van der Waals surface area contributed by atoms with Gasteiger partial charge in [-0.1, -0.05) is 54.3 Å². The topological polar surface area (TPSA) is 26.3 Å².